The van der Waals surface area contributed by atoms with Crippen LogP contribution in [-0.4, -0.2) is 36.9 Å². The Morgan fingerprint density at radius 3 is 3.15 bits per heavy atom. The van der Waals surface area contributed by atoms with Gasteiger partial charge in [0.1, 0.15) is 5.75 Å². The van der Waals surface area contributed by atoms with Gasteiger partial charge in [0.15, 0.2) is 0 Å². The van der Waals surface area contributed by atoms with Gasteiger partial charge in [-0.1, -0.05) is 17.9 Å². The molecule has 0 aliphatic carbocycles. The van der Waals surface area contributed by atoms with E-state index in [0.717, 1.165) is 30.1 Å². The molecule has 0 amide bonds. The summed E-state index contributed by atoms with van der Waals surface area (Å²) in [6.45, 7) is 4.12. The quantitative estimate of drug-likeness (QED) is 0.668. The van der Waals surface area contributed by atoms with Crippen molar-refractivity contribution in [3.05, 3.63) is 29.8 Å². The van der Waals surface area contributed by atoms with Crippen LogP contribution in [0.1, 0.15) is 18.9 Å². The number of hydrogen-bond acceptors (Lipinski definition) is 4. The maximum Gasteiger partial charge on any atom is 0.120 e. The molecule has 1 aromatic carbocycles. The van der Waals surface area contributed by atoms with E-state index in [4.69, 9.17) is 15.2 Å². The van der Waals surface area contributed by atoms with E-state index in [0.29, 0.717) is 24.5 Å². The first-order valence-electron chi connectivity index (χ1n) is 6.94. The fourth-order valence-electron chi connectivity index (χ4n) is 2.11. The van der Waals surface area contributed by atoms with E-state index in [1.807, 2.05) is 36.0 Å². The average Bonchev–Trinajstić information content (AvgIpc) is 2.87. The first-order chi connectivity index (χ1) is 9.79. The second-order valence-electron chi connectivity index (χ2n) is 4.66. The standard InChI is InChI=1S/C16H21NO2S/c1-13-16(7-9-18-13)20-11-10-19-15-6-2-4-14(12-15)5-3-8-17/h2,4,6,12-13,16H,7-11,17H2,1H3. The Balaban J connectivity index is 1.73. The third-order valence-electron chi connectivity index (χ3n) is 3.16. The number of thioether (sulfide) groups is 1. The zero-order chi connectivity index (χ0) is 14.2. The van der Waals surface area contributed by atoms with E-state index in [9.17, 15) is 0 Å². The minimum absolute atomic E-state index is 0.370. The highest BCUT2D eigenvalue weighted by molar-refractivity contribution is 8.00. The molecule has 2 unspecified atom stereocenters. The van der Waals surface area contributed by atoms with E-state index >= 15 is 0 Å². The van der Waals surface area contributed by atoms with Crippen LogP contribution in [0.2, 0.25) is 0 Å². The highest BCUT2D eigenvalue weighted by Crippen LogP contribution is 2.26. The van der Waals surface area contributed by atoms with Gasteiger partial charge in [-0.25, -0.2) is 0 Å². The molecule has 1 aromatic rings. The lowest BCUT2D eigenvalue weighted by Crippen LogP contribution is -2.15. The number of hydrogen-bond donors (Lipinski definition) is 1. The van der Waals surface area contributed by atoms with Gasteiger partial charge >= 0.3 is 0 Å². The Hall–Kier alpha value is -1.15. The maximum absolute atomic E-state index is 5.76. The largest absolute Gasteiger partial charge is 0.493 e. The zero-order valence-electron chi connectivity index (χ0n) is 11.8. The summed E-state index contributed by atoms with van der Waals surface area (Å²) in [5, 5.41) is 0.611. The normalized spacial score (nSPS) is 21.3. The summed E-state index contributed by atoms with van der Waals surface area (Å²) in [4.78, 5) is 0. The van der Waals surface area contributed by atoms with Gasteiger partial charge in [0, 0.05) is 23.2 Å². The molecule has 108 valence electrons. The summed E-state index contributed by atoms with van der Waals surface area (Å²) >= 11 is 1.93. The lowest BCUT2D eigenvalue weighted by Gasteiger charge is -2.13. The summed E-state index contributed by atoms with van der Waals surface area (Å²) in [6.07, 6.45) is 1.52. The number of benzene rings is 1. The van der Waals surface area contributed by atoms with Crippen molar-refractivity contribution < 1.29 is 9.47 Å². The van der Waals surface area contributed by atoms with E-state index in [2.05, 4.69) is 18.8 Å². The second kappa shape index (κ2) is 8.21. The van der Waals surface area contributed by atoms with Crippen molar-refractivity contribution in [1.29, 1.82) is 0 Å². The van der Waals surface area contributed by atoms with Gasteiger partial charge in [-0.05, 0) is 31.5 Å². The third-order valence-corrected chi connectivity index (χ3v) is 4.61. The van der Waals surface area contributed by atoms with Gasteiger partial charge < -0.3 is 15.2 Å². The van der Waals surface area contributed by atoms with Gasteiger partial charge in [0.25, 0.3) is 0 Å². The average molecular weight is 291 g/mol. The Labute approximate surface area is 125 Å². The van der Waals surface area contributed by atoms with Crippen LogP contribution in [0.4, 0.5) is 0 Å². The van der Waals surface area contributed by atoms with Crippen molar-refractivity contribution in [2.75, 3.05) is 25.5 Å². The molecule has 1 saturated heterocycles. The zero-order valence-corrected chi connectivity index (χ0v) is 12.6. The minimum atomic E-state index is 0.370. The molecule has 0 spiro atoms. The van der Waals surface area contributed by atoms with Crippen LogP contribution in [0.5, 0.6) is 5.75 Å². The van der Waals surface area contributed by atoms with Crippen LogP contribution in [-0.2, 0) is 4.74 Å². The van der Waals surface area contributed by atoms with Crippen molar-refractivity contribution in [1.82, 2.24) is 0 Å². The smallest absolute Gasteiger partial charge is 0.120 e. The fourth-order valence-corrected chi connectivity index (χ4v) is 3.20. The Kier molecular flexibility index (Phi) is 6.25. The Morgan fingerprint density at radius 2 is 2.40 bits per heavy atom. The number of nitrogens with two attached hydrogens (primary N) is 1. The Morgan fingerprint density at radius 1 is 1.50 bits per heavy atom. The molecule has 0 aromatic heterocycles. The van der Waals surface area contributed by atoms with Gasteiger partial charge in [-0.3, -0.25) is 0 Å². The minimum Gasteiger partial charge on any atom is -0.493 e. The van der Waals surface area contributed by atoms with Gasteiger partial charge in [-0.15, -0.1) is 0 Å². The van der Waals surface area contributed by atoms with Crippen LogP contribution in [0.15, 0.2) is 24.3 Å². The van der Waals surface area contributed by atoms with Crippen LogP contribution < -0.4 is 10.5 Å². The van der Waals surface area contributed by atoms with Gasteiger partial charge in [0.05, 0.1) is 19.3 Å². The molecule has 1 aliphatic rings. The topological polar surface area (TPSA) is 44.5 Å². The SMILES string of the molecule is CC1OCCC1SCCOc1cccc(C#CCN)c1. The van der Waals surface area contributed by atoms with Crippen LogP contribution in [0.3, 0.4) is 0 Å². The molecule has 2 atom stereocenters. The van der Waals surface area contributed by atoms with Crippen LogP contribution >= 0.6 is 11.8 Å². The van der Waals surface area contributed by atoms with Crippen LogP contribution in [0, 0.1) is 11.8 Å². The van der Waals surface area contributed by atoms with Crippen LogP contribution in [0.25, 0.3) is 0 Å². The predicted molar refractivity (Wildman–Crippen MR) is 84.1 cm³/mol. The molecule has 20 heavy (non-hydrogen) atoms. The molecule has 2 rings (SSSR count). The molecule has 0 radical (unpaired) electrons. The first-order valence-corrected chi connectivity index (χ1v) is 7.99. The summed E-state index contributed by atoms with van der Waals surface area (Å²) in [6, 6.07) is 7.83. The van der Waals surface area contributed by atoms with Crippen molar-refractivity contribution in [2.24, 2.45) is 5.73 Å². The second-order valence-corrected chi connectivity index (χ2v) is 6.00. The summed E-state index contributed by atoms with van der Waals surface area (Å²) in [5.74, 6) is 7.70. The van der Waals surface area contributed by atoms with Gasteiger partial charge in [-0.2, -0.15) is 11.8 Å². The molecule has 0 bridgehead atoms. The molecule has 1 heterocycles. The number of rotatable bonds is 5. The maximum atomic E-state index is 5.76. The fraction of sp³-hybridized carbons (Fsp3) is 0.500. The lowest BCUT2D eigenvalue weighted by molar-refractivity contribution is 0.127. The molecular formula is C16H21NO2S. The van der Waals surface area contributed by atoms with E-state index in [1.54, 1.807) is 0 Å². The van der Waals surface area contributed by atoms with Crippen molar-refractivity contribution in [2.45, 2.75) is 24.7 Å². The van der Waals surface area contributed by atoms with E-state index < -0.39 is 0 Å². The van der Waals surface area contributed by atoms with E-state index in [-0.39, 0.29) is 0 Å². The predicted octanol–water partition coefficient (Wildman–Crippen LogP) is 2.29. The molecule has 1 aliphatic heterocycles. The Bertz CT molecular complexity index is 481. The monoisotopic (exact) mass is 291 g/mol. The summed E-state index contributed by atoms with van der Waals surface area (Å²) in [5.41, 5.74) is 6.31. The molecule has 1 fully saturated rings. The number of ether oxygens (including phenoxy) is 2. The highest BCUT2D eigenvalue weighted by atomic mass is 32.2. The van der Waals surface area contributed by atoms with Gasteiger partial charge in [0.2, 0.25) is 0 Å². The summed E-state index contributed by atoms with van der Waals surface area (Å²) < 4.78 is 11.3. The van der Waals surface area contributed by atoms with Crippen molar-refractivity contribution in [3.63, 3.8) is 0 Å². The summed E-state index contributed by atoms with van der Waals surface area (Å²) in [7, 11) is 0. The molecule has 2 N–H and O–H groups in total. The van der Waals surface area contributed by atoms with E-state index in [1.165, 1.54) is 0 Å². The molecule has 4 heteroatoms. The molecule has 3 nitrogen and oxygen atoms in total. The lowest BCUT2D eigenvalue weighted by atomic mass is 10.2. The van der Waals surface area contributed by atoms with Crippen molar-refractivity contribution in [3.8, 4) is 17.6 Å². The molecular weight excluding hydrogens is 270 g/mol. The highest BCUT2D eigenvalue weighted by Gasteiger charge is 2.23. The van der Waals surface area contributed by atoms with Crippen molar-refractivity contribution >= 4 is 11.8 Å². The molecule has 0 saturated carbocycles. The third kappa shape index (κ3) is 4.75. The first kappa shape index (κ1) is 15.2.